The Morgan fingerprint density at radius 1 is 1.38 bits per heavy atom. The maximum absolute atomic E-state index is 11.3. The van der Waals surface area contributed by atoms with Gasteiger partial charge in [0.15, 0.2) is 6.61 Å². The first kappa shape index (κ1) is 14.8. The van der Waals surface area contributed by atoms with Gasteiger partial charge in [0, 0.05) is 18.5 Å². The number of hydrogen-bond donors (Lipinski definition) is 2. The van der Waals surface area contributed by atoms with E-state index < -0.39 is 0 Å². The van der Waals surface area contributed by atoms with E-state index in [0.717, 1.165) is 17.0 Å². The zero-order chi connectivity index (χ0) is 16.7. The zero-order valence-corrected chi connectivity index (χ0v) is 13.7. The number of nitrogens with one attached hydrogen (secondary N) is 2. The highest BCUT2D eigenvalue weighted by atomic mass is 35.5. The Bertz CT molecular complexity index is 951. The molecule has 0 bridgehead atoms. The lowest BCUT2D eigenvalue weighted by Gasteiger charge is -2.19. The number of ether oxygens (including phenoxy) is 1. The monoisotopic (exact) mass is 342 g/mol. The number of amides is 1. The van der Waals surface area contributed by atoms with Crippen LogP contribution in [0.25, 0.3) is 5.65 Å². The van der Waals surface area contributed by atoms with Crippen molar-refractivity contribution in [2.24, 2.45) is 0 Å². The van der Waals surface area contributed by atoms with Crippen molar-refractivity contribution in [2.45, 2.75) is 13.5 Å². The molecule has 0 aliphatic carbocycles. The summed E-state index contributed by atoms with van der Waals surface area (Å²) < 4.78 is 7.41. The van der Waals surface area contributed by atoms with Gasteiger partial charge in [0.1, 0.15) is 11.4 Å². The Morgan fingerprint density at radius 2 is 2.25 bits per heavy atom. The van der Waals surface area contributed by atoms with Gasteiger partial charge in [-0.15, -0.1) is 0 Å². The molecule has 0 saturated carbocycles. The third kappa shape index (κ3) is 2.76. The topological polar surface area (TPSA) is 67.7 Å². The second-order valence-electron chi connectivity index (χ2n) is 5.72. The van der Waals surface area contributed by atoms with E-state index in [1.807, 2.05) is 35.9 Å². The Labute approximate surface area is 143 Å². The third-order valence-corrected chi connectivity index (χ3v) is 4.12. The summed E-state index contributed by atoms with van der Waals surface area (Å²) in [5, 5.41) is 6.51. The minimum atomic E-state index is -0.181. The molecular weight excluding hydrogens is 328 g/mol. The molecule has 0 atom stereocenters. The number of aryl methyl sites for hydroxylation is 1. The molecule has 0 fully saturated rings. The van der Waals surface area contributed by atoms with Gasteiger partial charge >= 0.3 is 0 Å². The van der Waals surface area contributed by atoms with Crippen molar-refractivity contribution < 1.29 is 9.53 Å². The normalized spacial score (nSPS) is 13.3. The lowest BCUT2D eigenvalue weighted by Crippen LogP contribution is -2.25. The molecule has 7 heteroatoms. The second kappa shape index (κ2) is 5.72. The summed E-state index contributed by atoms with van der Waals surface area (Å²) in [6.07, 6.45) is 4.02. The minimum Gasteiger partial charge on any atom is -0.482 e. The maximum atomic E-state index is 11.3. The van der Waals surface area contributed by atoms with E-state index in [1.165, 1.54) is 5.56 Å². The molecule has 1 aliphatic heterocycles. The van der Waals surface area contributed by atoms with Crippen LogP contribution >= 0.6 is 11.6 Å². The van der Waals surface area contributed by atoms with Crippen LogP contribution in [0, 0.1) is 6.92 Å². The van der Waals surface area contributed by atoms with Crippen molar-refractivity contribution >= 4 is 34.5 Å². The van der Waals surface area contributed by atoms with Gasteiger partial charge in [-0.05, 0) is 24.6 Å². The van der Waals surface area contributed by atoms with Crippen molar-refractivity contribution in [1.82, 2.24) is 9.38 Å². The van der Waals surface area contributed by atoms with E-state index in [9.17, 15) is 4.79 Å². The standard InChI is InChI=1S/C17H15ClN4O2/c1-10-2-3-16-20-11(8-22(16)7-10)6-19-13-5-15-14(4-12(13)18)21-17(23)9-24-15/h2-5,7-8,19H,6,9H2,1H3,(H,21,23). The van der Waals surface area contributed by atoms with Crippen LogP contribution in [0.5, 0.6) is 5.75 Å². The molecule has 0 radical (unpaired) electrons. The van der Waals surface area contributed by atoms with Crippen LogP contribution in [-0.2, 0) is 11.3 Å². The molecule has 1 amide bonds. The number of nitrogens with zero attached hydrogens (tertiary/aromatic N) is 2. The highest BCUT2D eigenvalue weighted by molar-refractivity contribution is 6.33. The lowest BCUT2D eigenvalue weighted by atomic mass is 10.2. The first-order valence-electron chi connectivity index (χ1n) is 7.53. The number of aromatic nitrogens is 2. The molecule has 0 unspecified atom stereocenters. The van der Waals surface area contributed by atoms with E-state index in [0.29, 0.717) is 23.0 Å². The van der Waals surface area contributed by atoms with Crippen molar-refractivity contribution in [2.75, 3.05) is 17.2 Å². The molecule has 6 nitrogen and oxygen atoms in total. The van der Waals surface area contributed by atoms with Crippen LogP contribution in [0.1, 0.15) is 11.3 Å². The Morgan fingerprint density at radius 3 is 3.12 bits per heavy atom. The van der Waals surface area contributed by atoms with E-state index in [4.69, 9.17) is 16.3 Å². The number of pyridine rings is 1. The predicted molar refractivity (Wildman–Crippen MR) is 92.8 cm³/mol. The fourth-order valence-electron chi connectivity index (χ4n) is 2.66. The first-order chi connectivity index (χ1) is 11.6. The Kier molecular flexibility index (Phi) is 3.54. The minimum absolute atomic E-state index is 0.0137. The van der Waals surface area contributed by atoms with E-state index >= 15 is 0 Å². The first-order valence-corrected chi connectivity index (χ1v) is 7.90. The highest BCUT2D eigenvalue weighted by Gasteiger charge is 2.18. The van der Waals surface area contributed by atoms with Crippen LogP contribution in [-0.4, -0.2) is 21.9 Å². The molecule has 2 N–H and O–H groups in total. The van der Waals surface area contributed by atoms with E-state index in [1.54, 1.807) is 12.1 Å². The van der Waals surface area contributed by atoms with Crippen molar-refractivity contribution in [3.05, 3.63) is 52.9 Å². The summed E-state index contributed by atoms with van der Waals surface area (Å²) in [6.45, 7) is 2.59. The number of hydrogen-bond acceptors (Lipinski definition) is 4. The van der Waals surface area contributed by atoms with Gasteiger partial charge < -0.3 is 19.8 Å². The molecule has 0 saturated heterocycles. The van der Waals surface area contributed by atoms with Crippen LogP contribution in [0.2, 0.25) is 5.02 Å². The van der Waals surface area contributed by atoms with E-state index in [-0.39, 0.29) is 12.5 Å². The summed E-state index contributed by atoms with van der Waals surface area (Å²) in [6, 6.07) is 7.49. The fraction of sp³-hybridized carbons (Fsp3) is 0.176. The molecule has 122 valence electrons. The van der Waals surface area contributed by atoms with Crippen molar-refractivity contribution in [1.29, 1.82) is 0 Å². The van der Waals surface area contributed by atoms with Gasteiger partial charge in [0.05, 0.1) is 28.6 Å². The van der Waals surface area contributed by atoms with Crippen LogP contribution < -0.4 is 15.4 Å². The third-order valence-electron chi connectivity index (χ3n) is 3.81. The molecule has 0 spiro atoms. The number of fused-ring (bicyclic) bond motifs is 2. The van der Waals surface area contributed by atoms with Gasteiger partial charge in [-0.2, -0.15) is 0 Å². The number of anilines is 2. The molecule has 3 aromatic rings. The van der Waals surface area contributed by atoms with Crippen molar-refractivity contribution in [3.63, 3.8) is 0 Å². The number of carbonyl (C=O) groups is 1. The summed E-state index contributed by atoms with van der Waals surface area (Å²) >= 11 is 6.28. The molecule has 1 aromatic carbocycles. The SMILES string of the molecule is Cc1ccc2nc(CNc3cc4c(cc3Cl)NC(=O)CO4)cn2c1. The predicted octanol–water partition coefficient (Wildman–Crippen LogP) is 3.24. The quantitative estimate of drug-likeness (QED) is 0.766. The molecule has 2 aromatic heterocycles. The average molecular weight is 343 g/mol. The Balaban J connectivity index is 1.55. The number of halogens is 1. The summed E-state index contributed by atoms with van der Waals surface area (Å²) in [4.78, 5) is 15.9. The van der Waals surface area contributed by atoms with Gasteiger partial charge in [-0.1, -0.05) is 17.7 Å². The van der Waals surface area contributed by atoms with Gasteiger partial charge in [-0.25, -0.2) is 4.98 Å². The molecule has 1 aliphatic rings. The van der Waals surface area contributed by atoms with Gasteiger partial charge in [-0.3, -0.25) is 4.79 Å². The fourth-order valence-corrected chi connectivity index (χ4v) is 2.89. The maximum Gasteiger partial charge on any atom is 0.262 e. The van der Waals surface area contributed by atoms with Crippen LogP contribution in [0.3, 0.4) is 0 Å². The smallest absolute Gasteiger partial charge is 0.262 e. The summed E-state index contributed by atoms with van der Waals surface area (Å²) in [7, 11) is 0. The molecule has 24 heavy (non-hydrogen) atoms. The number of imidazole rings is 1. The zero-order valence-electron chi connectivity index (χ0n) is 13.0. The van der Waals surface area contributed by atoms with Gasteiger partial charge in [0.25, 0.3) is 5.91 Å². The molecular formula is C17H15ClN4O2. The lowest BCUT2D eigenvalue weighted by molar-refractivity contribution is -0.118. The number of carbonyl (C=O) groups excluding carboxylic acids is 1. The summed E-state index contributed by atoms with van der Waals surface area (Å²) in [5.74, 6) is 0.423. The highest BCUT2D eigenvalue weighted by Crippen LogP contribution is 2.36. The molecule has 4 rings (SSSR count). The Hall–Kier alpha value is -2.73. The number of benzene rings is 1. The number of rotatable bonds is 3. The second-order valence-corrected chi connectivity index (χ2v) is 6.13. The largest absolute Gasteiger partial charge is 0.482 e. The average Bonchev–Trinajstić information content (AvgIpc) is 2.94. The van der Waals surface area contributed by atoms with Gasteiger partial charge in [0.2, 0.25) is 0 Å². The van der Waals surface area contributed by atoms with Crippen LogP contribution in [0.4, 0.5) is 11.4 Å². The van der Waals surface area contributed by atoms with E-state index in [2.05, 4.69) is 15.6 Å². The van der Waals surface area contributed by atoms with Crippen LogP contribution in [0.15, 0.2) is 36.7 Å². The van der Waals surface area contributed by atoms with Crippen molar-refractivity contribution in [3.8, 4) is 5.75 Å². The summed E-state index contributed by atoms with van der Waals surface area (Å²) in [5.41, 5.74) is 4.31. The molecule has 3 heterocycles.